The normalized spacial score (nSPS) is 21.3. The van der Waals surface area contributed by atoms with Crippen LogP contribution < -0.4 is 10.6 Å². The van der Waals surface area contributed by atoms with Gasteiger partial charge in [0.1, 0.15) is 17.6 Å². The van der Waals surface area contributed by atoms with Gasteiger partial charge in [0.05, 0.1) is 23.2 Å². The zero-order valence-electron chi connectivity index (χ0n) is 18.2. The van der Waals surface area contributed by atoms with Gasteiger partial charge in [-0.05, 0) is 23.7 Å². The Hall–Kier alpha value is -3.22. The van der Waals surface area contributed by atoms with Crippen LogP contribution in [0.2, 0.25) is 0 Å². The molecule has 1 aromatic heterocycles. The number of allylic oxidation sites excluding steroid dienone is 1. The number of imidazole rings is 1. The van der Waals surface area contributed by atoms with Crippen molar-refractivity contribution in [1.82, 2.24) is 20.6 Å². The van der Waals surface area contributed by atoms with Gasteiger partial charge in [-0.25, -0.2) is 9.37 Å². The number of carbonyl (C=O) groups is 2. The molecule has 0 aliphatic carbocycles. The average Bonchev–Trinajstić information content (AvgIpc) is 3.17. The van der Waals surface area contributed by atoms with Gasteiger partial charge < -0.3 is 15.6 Å². The highest BCUT2D eigenvalue weighted by molar-refractivity contribution is 6.07. The number of hydrogen-bond donors (Lipinski definition) is 3. The molecule has 1 aliphatic rings. The maximum Gasteiger partial charge on any atom is 0.268 e. The number of amides is 2. The van der Waals surface area contributed by atoms with Gasteiger partial charge in [0.2, 0.25) is 0 Å². The van der Waals surface area contributed by atoms with Gasteiger partial charge in [-0.1, -0.05) is 32.0 Å². The van der Waals surface area contributed by atoms with E-state index in [1.807, 2.05) is 13.8 Å². The lowest BCUT2D eigenvalue weighted by Gasteiger charge is -2.25. The van der Waals surface area contributed by atoms with Crippen LogP contribution in [0.4, 0.5) is 4.39 Å². The molecule has 7 heteroatoms. The molecule has 0 bridgehead atoms. The molecule has 1 saturated heterocycles. The predicted molar refractivity (Wildman–Crippen MR) is 95.2 cm³/mol. The number of aromatic amines is 1. The summed E-state index contributed by atoms with van der Waals surface area (Å²) in [6.45, 7) is 7.56. The number of nitrogens with one attached hydrogen (secondary N) is 3. The summed E-state index contributed by atoms with van der Waals surface area (Å²) >= 11 is 0. The minimum absolute atomic E-state index is 0.109. The van der Waals surface area contributed by atoms with Gasteiger partial charge >= 0.3 is 0 Å². The predicted octanol–water partition coefficient (Wildman–Crippen LogP) is 2.34. The quantitative estimate of drug-likeness (QED) is 0.579. The molecule has 1 fully saturated rings. The summed E-state index contributed by atoms with van der Waals surface area (Å²) in [6, 6.07) is -4.80. The van der Waals surface area contributed by atoms with Crippen LogP contribution in [-0.2, 0) is 15.0 Å². The smallest absolute Gasteiger partial charge is 0.268 e. The number of hydrogen-bond acceptors (Lipinski definition) is 3. The Balaban J connectivity index is 1.98. The number of aromatic nitrogens is 2. The van der Waals surface area contributed by atoms with Crippen molar-refractivity contribution in [2.24, 2.45) is 0 Å². The molecule has 1 aliphatic heterocycles. The second-order valence-electron chi connectivity index (χ2n) is 6.27. The first-order valence-corrected chi connectivity index (χ1v) is 7.76. The summed E-state index contributed by atoms with van der Waals surface area (Å²) in [4.78, 5) is 32.4. The Morgan fingerprint density at radius 3 is 2.65 bits per heavy atom. The highest BCUT2D eigenvalue weighted by Gasteiger charge is 2.31. The third-order valence-electron chi connectivity index (χ3n) is 4.05. The van der Waals surface area contributed by atoms with Crippen molar-refractivity contribution in [2.45, 2.75) is 25.3 Å². The first-order valence-electron chi connectivity index (χ1n) is 9.76. The van der Waals surface area contributed by atoms with Gasteiger partial charge in [0, 0.05) is 5.41 Å². The number of rotatable bonds is 4. The second kappa shape index (κ2) is 6.59. The van der Waals surface area contributed by atoms with Crippen molar-refractivity contribution >= 4 is 17.9 Å². The van der Waals surface area contributed by atoms with Gasteiger partial charge in [-0.3, -0.25) is 9.59 Å². The van der Waals surface area contributed by atoms with E-state index in [2.05, 4.69) is 27.2 Å². The molecule has 2 heterocycles. The lowest BCUT2D eigenvalue weighted by atomic mass is 9.88. The van der Waals surface area contributed by atoms with E-state index in [0.29, 0.717) is 11.4 Å². The number of carbonyl (C=O) groups excluding carboxylic acids is 2. The van der Waals surface area contributed by atoms with Crippen LogP contribution in [0.1, 0.15) is 42.3 Å². The van der Waals surface area contributed by atoms with E-state index >= 15 is 0 Å². The van der Waals surface area contributed by atoms with E-state index in [-0.39, 0.29) is 5.70 Å². The molecule has 134 valence electrons. The van der Waals surface area contributed by atoms with E-state index in [1.54, 1.807) is 6.08 Å². The van der Waals surface area contributed by atoms with Crippen molar-refractivity contribution in [1.29, 1.82) is 0 Å². The second-order valence-corrected chi connectivity index (χ2v) is 6.27. The molecule has 0 radical (unpaired) electrons. The monoisotopic (exact) mass is 358 g/mol. The maximum absolute atomic E-state index is 13.8. The average molecular weight is 358 g/mol. The van der Waals surface area contributed by atoms with Crippen molar-refractivity contribution in [3.05, 3.63) is 71.6 Å². The molecular weight excluding hydrogens is 335 g/mol. The largest absolute Gasteiger partial charge is 0.347 e. The minimum atomic E-state index is -1.51. The van der Waals surface area contributed by atoms with Crippen molar-refractivity contribution in [2.75, 3.05) is 0 Å². The molecule has 1 aromatic carbocycles. The number of nitrogens with zero attached hydrogens (tertiary/aromatic N) is 1. The van der Waals surface area contributed by atoms with E-state index < -0.39 is 58.8 Å². The van der Waals surface area contributed by atoms with E-state index in [4.69, 9.17) is 5.48 Å². The summed E-state index contributed by atoms with van der Waals surface area (Å²) in [5.74, 6) is -2.83. The third kappa shape index (κ3) is 3.28. The van der Waals surface area contributed by atoms with Gasteiger partial charge in [-0.2, -0.15) is 0 Å². The van der Waals surface area contributed by atoms with Gasteiger partial charge in [0.25, 0.3) is 11.8 Å². The lowest BCUT2D eigenvalue weighted by Crippen LogP contribution is -2.49. The fraction of sp³-hybridized carbons (Fsp3) is 0.211. The van der Waals surface area contributed by atoms with Gasteiger partial charge in [0.15, 0.2) is 0 Å². The molecule has 1 unspecified atom stereocenters. The Morgan fingerprint density at radius 2 is 2.00 bits per heavy atom. The van der Waals surface area contributed by atoms with Crippen LogP contribution >= 0.6 is 0 Å². The molecule has 3 rings (SSSR count). The summed E-state index contributed by atoms with van der Waals surface area (Å²) in [6.07, 6.45) is 4.52. The van der Waals surface area contributed by atoms with Crippen molar-refractivity contribution in [3.8, 4) is 0 Å². The minimum Gasteiger partial charge on any atom is -0.347 e. The summed E-state index contributed by atoms with van der Waals surface area (Å²) in [5.41, 5.74) is 0.0813. The van der Waals surface area contributed by atoms with Crippen LogP contribution in [0.25, 0.3) is 6.08 Å². The van der Waals surface area contributed by atoms with Crippen LogP contribution in [-0.4, -0.2) is 21.8 Å². The molecule has 2 aromatic rings. The van der Waals surface area contributed by atoms with Gasteiger partial charge in [-0.15, -0.1) is 6.58 Å². The van der Waals surface area contributed by atoms with Crippen molar-refractivity contribution in [3.63, 3.8) is 0 Å². The molecule has 0 saturated carbocycles. The fourth-order valence-electron chi connectivity index (χ4n) is 2.46. The Labute approximate surface area is 155 Å². The Morgan fingerprint density at radius 1 is 1.31 bits per heavy atom. The van der Waals surface area contributed by atoms with E-state index in [9.17, 15) is 14.0 Å². The first kappa shape index (κ1) is 13.0. The molecule has 1 atom stereocenters. The Kier molecular flexibility index (Phi) is 3.31. The van der Waals surface area contributed by atoms with E-state index in [0.717, 1.165) is 0 Å². The molecule has 3 N–H and O–H groups in total. The number of benzene rings is 1. The molecule has 6 nitrogen and oxygen atoms in total. The highest BCUT2D eigenvalue weighted by Crippen LogP contribution is 2.26. The lowest BCUT2D eigenvalue weighted by molar-refractivity contribution is -0.131. The zero-order valence-corrected chi connectivity index (χ0v) is 14.2. The van der Waals surface area contributed by atoms with Crippen LogP contribution in [0.3, 0.4) is 0 Å². The summed E-state index contributed by atoms with van der Waals surface area (Å²) < 4.78 is 44.7. The third-order valence-corrected chi connectivity index (χ3v) is 4.05. The Bertz CT molecular complexity index is 1080. The molecular formula is C19H19FN4O2. The van der Waals surface area contributed by atoms with Crippen LogP contribution in [0.5, 0.6) is 0 Å². The summed E-state index contributed by atoms with van der Waals surface area (Å²) in [5, 5.41) is 4.77. The number of H-pyrrole nitrogens is 1. The zero-order chi connectivity index (χ0) is 22.4. The number of halogens is 1. The van der Waals surface area contributed by atoms with Crippen LogP contribution in [0, 0.1) is 5.82 Å². The van der Waals surface area contributed by atoms with Crippen LogP contribution in [0.15, 0.2) is 48.8 Å². The topological polar surface area (TPSA) is 86.9 Å². The molecule has 26 heavy (non-hydrogen) atoms. The standard InChI is InChI=1S/C19H19FN4O2/c1-4-19(2,3)16-13(21-10-22-16)9-14-17(25)24-15(18(26)23-14)11-5-7-12(20)8-6-11/h4-10,15H,1H2,2-3H3,(H,21,22)(H,23,26)(H,24,25)/i5D,6D,7D,8D. The SMILES string of the molecule is [2H]c1c([2H])c(C2NC(=O)C(=Cc3nc[nH]c3C(C)(C)C=C)NC2=O)c([2H])c([2H])c1F. The van der Waals surface area contributed by atoms with Crippen molar-refractivity contribution < 1.29 is 19.5 Å². The maximum atomic E-state index is 13.8. The fourth-order valence-corrected chi connectivity index (χ4v) is 2.46. The molecule has 0 spiro atoms. The number of piperazine rings is 1. The molecule has 2 amide bonds. The van der Waals surface area contributed by atoms with E-state index in [1.165, 1.54) is 12.4 Å². The highest BCUT2D eigenvalue weighted by atomic mass is 19.1. The summed E-state index contributed by atoms with van der Waals surface area (Å²) in [7, 11) is 0. The first-order chi connectivity index (χ1) is 14.0.